The highest BCUT2D eigenvalue weighted by Gasteiger charge is 2.25. The van der Waals surface area contributed by atoms with Crippen molar-refractivity contribution < 1.29 is 9.18 Å². The average molecular weight is 435 g/mol. The van der Waals surface area contributed by atoms with Gasteiger partial charge in [-0.2, -0.15) is 5.10 Å². The fourth-order valence-electron chi connectivity index (χ4n) is 3.54. The van der Waals surface area contributed by atoms with Crippen molar-refractivity contribution in [3.8, 4) is 22.4 Å². The number of pyridine rings is 1. The zero-order valence-corrected chi connectivity index (χ0v) is 17.8. The van der Waals surface area contributed by atoms with E-state index in [0.29, 0.717) is 16.5 Å². The fourth-order valence-corrected chi connectivity index (χ4v) is 3.74. The highest BCUT2D eigenvalue weighted by molar-refractivity contribution is 6.31. The van der Waals surface area contributed by atoms with Crippen LogP contribution in [0.1, 0.15) is 5.56 Å². The Bertz CT molecular complexity index is 1220. The van der Waals surface area contributed by atoms with E-state index in [1.807, 2.05) is 30.3 Å². The van der Waals surface area contributed by atoms with Crippen LogP contribution in [0.15, 0.2) is 73.1 Å². The van der Waals surface area contributed by atoms with E-state index in [4.69, 9.17) is 11.6 Å². The van der Waals surface area contributed by atoms with E-state index in [0.717, 1.165) is 22.3 Å². The van der Waals surface area contributed by atoms with Crippen molar-refractivity contribution in [2.24, 2.45) is 7.05 Å². The summed E-state index contributed by atoms with van der Waals surface area (Å²) in [6.07, 6.45) is 3.53. The molecule has 1 amide bonds. The molecule has 2 aromatic heterocycles. The number of amides is 1. The molecule has 0 aliphatic rings. The minimum atomic E-state index is -0.322. The highest BCUT2D eigenvalue weighted by Crippen LogP contribution is 2.39. The molecule has 0 N–H and O–H groups in total. The molecule has 0 atom stereocenters. The second kappa shape index (κ2) is 8.70. The van der Waals surface area contributed by atoms with Gasteiger partial charge in [0.1, 0.15) is 17.3 Å². The van der Waals surface area contributed by atoms with Crippen LogP contribution in [0.4, 0.5) is 10.2 Å². The standard InChI is InChI=1S/C24H20ClFN4O/c1-29(21(31)15-18-5-3-4-6-20(18)25)24-22(16-11-13-27-14-12-16)23(28-30(24)2)17-7-9-19(26)10-8-17/h3-14H,15H2,1-2H3. The number of hydrogen-bond donors (Lipinski definition) is 0. The second-order valence-corrected chi connectivity index (χ2v) is 7.54. The van der Waals surface area contributed by atoms with Crippen molar-refractivity contribution in [2.75, 3.05) is 11.9 Å². The van der Waals surface area contributed by atoms with Crippen LogP contribution in [0.3, 0.4) is 0 Å². The van der Waals surface area contributed by atoms with Gasteiger partial charge in [0.15, 0.2) is 0 Å². The molecule has 7 heteroatoms. The van der Waals surface area contributed by atoms with Crippen LogP contribution < -0.4 is 4.90 Å². The van der Waals surface area contributed by atoms with Gasteiger partial charge >= 0.3 is 0 Å². The van der Waals surface area contributed by atoms with E-state index >= 15 is 0 Å². The van der Waals surface area contributed by atoms with Crippen molar-refractivity contribution in [3.05, 3.63) is 89.5 Å². The molecular weight excluding hydrogens is 415 g/mol. The summed E-state index contributed by atoms with van der Waals surface area (Å²) in [5.41, 5.74) is 3.79. The van der Waals surface area contributed by atoms with Crippen molar-refractivity contribution >= 4 is 23.3 Å². The van der Waals surface area contributed by atoms with Gasteiger partial charge in [-0.3, -0.25) is 19.4 Å². The van der Waals surface area contributed by atoms with Crippen LogP contribution in [0, 0.1) is 5.82 Å². The molecule has 0 unspecified atom stereocenters. The Labute approximate surface area is 184 Å². The molecule has 0 saturated carbocycles. The van der Waals surface area contributed by atoms with E-state index in [1.54, 1.807) is 54.3 Å². The predicted octanol–water partition coefficient (Wildman–Crippen LogP) is 5.15. The van der Waals surface area contributed by atoms with Crippen LogP contribution in [0.2, 0.25) is 5.02 Å². The lowest BCUT2D eigenvalue weighted by Gasteiger charge is -2.20. The number of nitrogens with zero attached hydrogens (tertiary/aromatic N) is 4. The Kier molecular flexibility index (Phi) is 5.82. The predicted molar refractivity (Wildman–Crippen MR) is 120 cm³/mol. The molecule has 0 saturated heterocycles. The zero-order chi connectivity index (χ0) is 22.0. The Morgan fingerprint density at radius 2 is 1.71 bits per heavy atom. The SMILES string of the molecule is CN(C(=O)Cc1ccccc1Cl)c1c(-c2ccncc2)c(-c2ccc(F)cc2)nn1C. The van der Waals surface area contributed by atoms with Gasteiger partial charge in [0.05, 0.1) is 12.0 Å². The third-order valence-corrected chi connectivity index (χ3v) is 5.46. The van der Waals surface area contributed by atoms with Crippen LogP contribution in [0.25, 0.3) is 22.4 Å². The molecule has 4 rings (SSSR count). The molecule has 0 spiro atoms. The minimum absolute atomic E-state index is 0.128. The highest BCUT2D eigenvalue weighted by atomic mass is 35.5. The second-order valence-electron chi connectivity index (χ2n) is 7.13. The van der Waals surface area contributed by atoms with Gasteiger partial charge < -0.3 is 0 Å². The van der Waals surface area contributed by atoms with E-state index in [2.05, 4.69) is 10.1 Å². The third kappa shape index (κ3) is 4.20. The van der Waals surface area contributed by atoms with E-state index < -0.39 is 0 Å². The van der Waals surface area contributed by atoms with Crippen LogP contribution in [-0.4, -0.2) is 27.7 Å². The maximum absolute atomic E-state index is 13.5. The quantitative estimate of drug-likeness (QED) is 0.436. The van der Waals surface area contributed by atoms with Crippen LogP contribution in [-0.2, 0) is 18.3 Å². The smallest absolute Gasteiger partial charge is 0.232 e. The van der Waals surface area contributed by atoms with Gasteiger partial charge in [-0.15, -0.1) is 0 Å². The molecule has 0 aliphatic carbocycles. The summed E-state index contributed by atoms with van der Waals surface area (Å²) >= 11 is 6.25. The number of carbonyl (C=O) groups is 1. The summed E-state index contributed by atoms with van der Waals surface area (Å²) in [6.45, 7) is 0. The Hall–Kier alpha value is -3.51. The molecular formula is C24H20ClFN4O. The number of benzene rings is 2. The van der Waals surface area contributed by atoms with Gasteiger partial charge in [0, 0.05) is 37.1 Å². The monoisotopic (exact) mass is 434 g/mol. The number of rotatable bonds is 5. The lowest BCUT2D eigenvalue weighted by atomic mass is 10.0. The lowest BCUT2D eigenvalue weighted by molar-refractivity contribution is -0.117. The fraction of sp³-hybridized carbons (Fsp3) is 0.125. The topological polar surface area (TPSA) is 51.0 Å². The molecule has 4 aromatic rings. The number of aryl methyl sites for hydroxylation is 1. The lowest BCUT2D eigenvalue weighted by Crippen LogP contribution is -2.30. The first-order valence-electron chi connectivity index (χ1n) is 9.69. The molecule has 0 bridgehead atoms. The molecule has 0 fully saturated rings. The van der Waals surface area contributed by atoms with Crippen molar-refractivity contribution in [2.45, 2.75) is 6.42 Å². The van der Waals surface area contributed by atoms with E-state index in [-0.39, 0.29) is 18.1 Å². The zero-order valence-electron chi connectivity index (χ0n) is 17.1. The van der Waals surface area contributed by atoms with Gasteiger partial charge in [0.2, 0.25) is 5.91 Å². The largest absolute Gasteiger partial charge is 0.299 e. The Morgan fingerprint density at radius 1 is 1.03 bits per heavy atom. The summed E-state index contributed by atoms with van der Waals surface area (Å²) in [6, 6.07) is 17.2. The number of anilines is 1. The summed E-state index contributed by atoms with van der Waals surface area (Å²) in [7, 11) is 3.50. The molecule has 31 heavy (non-hydrogen) atoms. The molecule has 0 radical (unpaired) electrons. The first-order valence-corrected chi connectivity index (χ1v) is 10.1. The Morgan fingerprint density at radius 3 is 2.39 bits per heavy atom. The molecule has 2 aromatic carbocycles. The van der Waals surface area contributed by atoms with Crippen molar-refractivity contribution in [1.29, 1.82) is 0 Å². The third-order valence-electron chi connectivity index (χ3n) is 5.09. The summed E-state index contributed by atoms with van der Waals surface area (Å²) in [5, 5.41) is 5.22. The number of hydrogen-bond acceptors (Lipinski definition) is 3. The van der Waals surface area contributed by atoms with Gasteiger partial charge in [-0.25, -0.2) is 4.39 Å². The number of carbonyl (C=O) groups excluding carboxylic acids is 1. The normalized spacial score (nSPS) is 10.8. The van der Waals surface area contributed by atoms with Gasteiger partial charge in [0.25, 0.3) is 0 Å². The molecule has 0 aliphatic heterocycles. The van der Waals surface area contributed by atoms with E-state index in [1.165, 1.54) is 12.1 Å². The van der Waals surface area contributed by atoms with E-state index in [9.17, 15) is 9.18 Å². The van der Waals surface area contributed by atoms with Gasteiger partial charge in [-0.05, 0) is 53.6 Å². The van der Waals surface area contributed by atoms with Crippen molar-refractivity contribution in [1.82, 2.24) is 14.8 Å². The minimum Gasteiger partial charge on any atom is -0.299 e. The first kappa shape index (κ1) is 20.8. The molecule has 2 heterocycles. The summed E-state index contributed by atoms with van der Waals surface area (Å²) in [5.74, 6) is 0.178. The average Bonchev–Trinajstić information content (AvgIpc) is 3.12. The summed E-state index contributed by atoms with van der Waals surface area (Å²) < 4.78 is 15.2. The van der Waals surface area contributed by atoms with Crippen molar-refractivity contribution in [3.63, 3.8) is 0 Å². The summed E-state index contributed by atoms with van der Waals surface area (Å²) in [4.78, 5) is 18.8. The number of likely N-dealkylation sites (N-methyl/N-ethyl adjacent to an activating group) is 1. The van der Waals surface area contributed by atoms with Crippen LogP contribution >= 0.6 is 11.6 Å². The number of halogens is 2. The molecule has 156 valence electrons. The maximum Gasteiger partial charge on any atom is 0.232 e. The maximum atomic E-state index is 13.5. The van der Waals surface area contributed by atoms with Crippen LogP contribution in [0.5, 0.6) is 0 Å². The van der Waals surface area contributed by atoms with Gasteiger partial charge in [-0.1, -0.05) is 29.8 Å². The molecule has 5 nitrogen and oxygen atoms in total. The number of aromatic nitrogens is 3. The Balaban J connectivity index is 1.81. The first-order chi connectivity index (χ1) is 15.0.